The molecular weight excluding hydrogens is 366 g/mol. The van der Waals surface area contributed by atoms with Gasteiger partial charge < -0.3 is 19.5 Å². The van der Waals surface area contributed by atoms with Crippen LogP contribution < -0.4 is 5.32 Å². The minimum Gasteiger partial charge on any atom is -0.379 e. The smallest absolute Gasteiger partial charge is 0.227 e. The molecule has 2 saturated heterocycles. The Morgan fingerprint density at radius 2 is 2.14 bits per heavy atom. The lowest BCUT2D eigenvalue weighted by Crippen LogP contribution is -2.60. The fourth-order valence-electron chi connectivity index (χ4n) is 5.69. The van der Waals surface area contributed by atoms with Gasteiger partial charge in [-0.3, -0.25) is 9.69 Å². The molecule has 2 aliphatic heterocycles. The summed E-state index contributed by atoms with van der Waals surface area (Å²) in [6.07, 6.45) is 11.0. The Labute approximate surface area is 174 Å². The Morgan fingerprint density at radius 3 is 2.90 bits per heavy atom. The SMILES string of the molecule is CCN1CC[C@@H]2C[C@@H](N3CCOCC3)CC[C@@]2(C(=O)NCCCn2ccnc2)C1. The molecule has 1 aliphatic carbocycles. The van der Waals surface area contributed by atoms with E-state index in [2.05, 4.69) is 31.6 Å². The second-order valence-electron chi connectivity index (χ2n) is 9.00. The molecule has 1 aromatic rings. The van der Waals surface area contributed by atoms with Gasteiger partial charge in [0.25, 0.3) is 0 Å². The molecule has 4 rings (SSSR count). The van der Waals surface area contributed by atoms with Gasteiger partial charge in [0.05, 0.1) is 25.0 Å². The van der Waals surface area contributed by atoms with Gasteiger partial charge in [0.15, 0.2) is 0 Å². The number of rotatable bonds is 7. The summed E-state index contributed by atoms with van der Waals surface area (Å²) in [5, 5.41) is 3.31. The second-order valence-corrected chi connectivity index (χ2v) is 9.00. The predicted octanol–water partition coefficient (Wildman–Crippen LogP) is 1.60. The minimum atomic E-state index is -0.202. The number of imidazole rings is 1. The van der Waals surface area contributed by atoms with Gasteiger partial charge in [0, 0.05) is 51.2 Å². The topological polar surface area (TPSA) is 62.6 Å². The van der Waals surface area contributed by atoms with Crippen LogP contribution in [0.2, 0.25) is 0 Å². The zero-order chi connectivity index (χ0) is 20.1. The van der Waals surface area contributed by atoms with E-state index < -0.39 is 0 Å². The van der Waals surface area contributed by atoms with E-state index in [1.165, 1.54) is 6.42 Å². The van der Waals surface area contributed by atoms with Crippen LogP contribution in [0.15, 0.2) is 18.7 Å². The number of piperidine rings is 1. The van der Waals surface area contributed by atoms with Gasteiger partial charge in [-0.1, -0.05) is 6.92 Å². The van der Waals surface area contributed by atoms with Gasteiger partial charge >= 0.3 is 0 Å². The molecule has 3 heterocycles. The van der Waals surface area contributed by atoms with Gasteiger partial charge in [-0.05, 0) is 51.1 Å². The van der Waals surface area contributed by atoms with E-state index in [9.17, 15) is 4.79 Å². The highest BCUT2D eigenvalue weighted by Gasteiger charge is 2.52. The molecule has 0 aromatic carbocycles. The first-order valence-electron chi connectivity index (χ1n) is 11.5. The minimum absolute atomic E-state index is 0.202. The molecule has 7 heteroatoms. The molecule has 0 spiro atoms. The van der Waals surface area contributed by atoms with Crippen LogP contribution in [0.25, 0.3) is 0 Å². The zero-order valence-corrected chi connectivity index (χ0v) is 17.9. The Morgan fingerprint density at radius 1 is 1.28 bits per heavy atom. The summed E-state index contributed by atoms with van der Waals surface area (Å²) in [6.45, 7) is 10.8. The molecule has 3 aliphatic rings. The molecule has 1 amide bonds. The van der Waals surface area contributed by atoms with Gasteiger partial charge in [-0.25, -0.2) is 4.98 Å². The highest BCUT2D eigenvalue weighted by Crippen LogP contribution is 2.47. The third-order valence-electron chi connectivity index (χ3n) is 7.46. The quantitative estimate of drug-likeness (QED) is 0.701. The number of likely N-dealkylation sites (tertiary alicyclic amines) is 1. The van der Waals surface area contributed by atoms with E-state index in [1.807, 2.05) is 12.5 Å². The zero-order valence-electron chi connectivity index (χ0n) is 17.9. The van der Waals surface area contributed by atoms with E-state index in [1.54, 1.807) is 6.20 Å². The van der Waals surface area contributed by atoms with Gasteiger partial charge in [0.2, 0.25) is 5.91 Å². The summed E-state index contributed by atoms with van der Waals surface area (Å²) >= 11 is 0. The summed E-state index contributed by atoms with van der Waals surface area (Å²) in [7, 11) is 0. The maximum absolute atomic E-state index is 13.5. The number of hydrogen-bond donors (Lipinski definition) is 1. The van der Waals surface area contributed by atoms with Gasteiger partial charge in [-0.15, -0.1) is 0 Å². The van der Waals surface area contributed by atoms with Crippen LogP contribution >= 0.6 is 0 Å². The van der Waals surface area contributed by atoms with Crippen LogP contribution in [-0.4, -0.2) is 83.8 Å². The van der Waals surface area contributed by atoms with Crippen molar-refractivity contribution in [2.75, 3.05) is 52.5 Å². The molecule has 162 valence electrons. The Bertz CT molecular complexity index is 646. The molecule has 1 aromatic heterocycles. The number of amides is 1. The molecule has 0 unspecified atom stereocenters. The number of aryl methyl sites for hydroxylation is 1. The van der Waals surface area contributed by atoms with Crippen LogP contribution in [0.3, 0.4) is 0 Å². The standard InChI is InChI=1S/C22H37N5O2/c1-2-25-10-5-19-16-20(27-12-14-29-15-13-27)4-6-22(19,17-25)21(28)24-7-3-9-26-11-8-23-18-26/h8,11,18-20H,2-7,9-10,12-17H2,1H3,(H,24,28)/t19-,20+,22-/m1/s1. The first kappa shape index (κ1) is 20.8. The summed E-state index contributed by atoms with van der Waals surface area (Å²) in [6, 6.07) is 0.624. The monoisotopic (exact) mass is 403 g/mol. The van der Waals surface area contributed by atoms with Crippen molar-refractivity contribution in [3.63, 3.8) is 0 Å². The lowest BCUT2D eigenvalue weighted by atomic mass is 9.61. The van der Waals surface area contributed by atoms with Crippen molar-refractivity contribution in [2.45, 2.75) is 51.6 Å². The van der Waals surface area contributed by atoms with E-state index >= 15 is 0 Å². The molecule has 1 saturated carbocycles. The fraction of sp³-hybridized carbons (Fsp3) is 0.818. The largest absolute Gasteiger partial charge is 0.379 e. The highest BCUT2D eigenvalue weighted by molar-refractivity contribution is 5.83. The molecule has 3 fully saturated rings. The third kappa shape index (κ3) is 4.67. The number of carbonyl (C=O) groups is 1. The van der Waals surface area contributed by atoms with Crippen LogP contribution in [0.1, 0.15) is 39.0 Å². The molecule has 7 nitrogen and oxygen atoms in total. The molecule has 3 atom stereocenters. The number of nitrogens with one attached hydrogen (secondary N) is 1. The number of ether oxygens (including phenoxy) is 1. The number of carbonyl (C=O) groups excluding carboxylic acids is 1. The van der Waals surface area contributed by atoms with Crippen molar-refractivity contribution in [3.05, 3.63) is 18.7 Å². The second kappa shape index (κ2) is 9.58. The molecule has 0 radical (unpaired) electrons. The first-order valence-corrected chi connectivity index (χ1v) is 11.5. The lowest BCUT2D eigenvalue weighted by molar-refractivity contribution is -0.144. The van der Waals surface area contributed by atoms with Crippen molar-refractivity contribution in [1.29, 1.82) is 0 Å². The molecule has 0 bridgehead atoms. The van der Waals surface area contributed by atoms with Crippen LogP contribution in [0.5, 0.6) is 0 Å². The van der Waals surface area contributed by atoms with Crippen molar-refractivity contribution >= 4 is 5.91 Å². The Kier molecular flexibility index (Phi) is 6.88. The molecule has 1 N–H and O–H groups in total. The fourth-order valence-corrected chi connectivity index (χ4v) is 5.69. The van der Waals surface area contributed by atoms with E-state index in [0.29, 0.717) is 17.9 Å². The molecule has 29 heavy (non-hydrogen) atoms. The maximum Gasteiger partial charge on any atom is 0.227 e. The average Bonchev–Trinajstić information content (AvgIpc) is 3.30. The van der Waals surface area contributed by atoms with Gasteiger partial charge in [-0.2, -0.15) is 0 Å². The van der Waals surface area contributed by atoms with E-state index in [4.69, 9.17) is 4.74 Å². The van der Waals surface area contributed by atoms with E-state index in [-0.39, 0.29) is 5.41 Å². The average molecular weight is 404 g/mol. The highest BCUT2D eigenvalue weighted by atomic mass is 16.5. The van der Waals surface area contributed by atoms with Crippen molar-refractivity contribution < 1.29 is 9.53 Å². The van der Waals surface area contributed by atoms with Gasteiger partial charge in [0.1, 0.15) is 0 Å². The Hall–Kier alpha value is -1.44. The summed E-state index contributed by atoms with van der Waals surface area (Å²) in [4.78, 5) is 22.6. The number of morpholine rings is 1. The number of hydrogen-bond acceptors (Lipinski definition) is 5. The summed E-state index contributed by atoms with van der Waals surface area (Å²) < 4.78 is 7.62. The summed E-state index contributed by atoms with van der Waals surface area (Å²) in [5.41, 5.74) is -0.202. The maximum atomic E-state index is 13.5. The van der Waals surface area contributed by atoms with Crippen LogP contribution in [0, 0.1) is 11.3 Å². The third-order valence-corrected chi connectivity index (χ3v) is 7.46. The molecular formula is C22H37N5O2. The number of fused-ring (bicyclic) bond motifs is 1. The first-order chi connectivity index (χ1) is 14.2. The number of aromatic nitrogens is 2. The van der Waals surface area contributed by atoms with Crippen molar-refractivity contribution in [1.82, 2.24) is 24.7 Å². The lowest BCUT2D eigenvalue weighted by Gasteiger charge is -2.53. The number of nitrogens with zero attached hydrogens (tertiary/aromatic N) is 4. The van der Waals surface area contributed by atoms with Crippen LogP contribution in [0.4, 0.5) is 0 Å². The predicted molar refractivity (Wildman–Crippen MR) is 113 cm³/mol. The van der Waals surface area contributed by atoms with E-state index in [0.717, 1.165) is 84.7 Å². The normalized spacial score (nSPS) is 31.3. The Balaban J connectivity index is 1.37. The van der Waals surface area contributed by atoms with Crippen LogP contribution in [-0.2, 0) is 16.1 Å². The van der Waals surface area contributed by atoms with Crippen molar-refractivity contribution in [3.8, 4) is 0 Å². The van der Waals surface area contributed by atoms with Crippen molar-refractivity contribution in [2.24, 2.45) is 11.3 Å². The summed E-state index contributed by atoms with van der Waals surface area (Å²) in [5.74, 6) is 0.798.